The molecule has 6 heteroatoms. The standard InChI is InChI=1S/C18H20N4O2/c1-2-3-17(23)22-9-6-15(12-22)21-16-10-14(11-20-18(16)24)13-4-7-19-8-5-13/h2-5,7-8,10-11,15,21H,6,9,12H2,1H3,(H,20,24)/b3-2+. The number of H-pyrrole nitrogens is 1. The molecule has 2 aromatic heterocycles. The Hall–Kier alpha value is -2.89. The maximum Gasteiger partial charge on any atom is 0.271 e. The minimum Gasteiger partial charge on any atom is -0.376 e. The van der Waals surface area contributed by atoms with Crippen LogP contribution in [0, 0.1) is 0 Å². The van der Waals surface area contributed by atoms with Gasteiger partial charge in [0, 0.05) is 43.3 Å². The Morgan fingerprint density at radius 3 is 2.92 bits per heavy atom. The highest BCUT2D eigenvalue weighted by molar-refractivity contribution is 5.87. The van der Waals surface area contributed by atoms with Crippen molar-refractivity contribution < 1.29 is 4.79 Å². The van der Waals surface area contributed by atoms with Crippen LogP contribution < -0.4 is 10.9 Å². The van der Waals surface area contributed by atoms with Gasteiger partial charge in [-0.1, -0.05) is 6.08 Å². The molecule has 1 amide bonds. The van der Waals surface area contributed by atoms with Crippen LogP contribution in [-0.2, 0) is 4.79 Å². The average Bonchev–Trinajstić information content (AvgIpc) is 3.07. The predicted octanol–water partition coefficient (Wildman–Crippen LogP) is 2.03. The third-order valence-corrected chi connectivity index (χ3v) is 4.09. The van der Waals surface area contributed by atoms with Crippen LogP contribution >= 0.6 is 0 Å². The van der Waals surface area contributed by atoms with Crippen molar-refractivity contribution in [2.24, 2.45) is 0 Å². The van der Waals surface area contributed by atoms with Gasteiger partial charge in [-0.2, -0.15) is 0 Å². The zero-order valence-electron chi connectivity index (χ0n) is 13.5. The summed E-state index contributed by atoms with van der Waals surface area (Å²) in [6.45, 7) is 3.12. The molecular weight excluding hydrogens is 304 g/mol. The predicted molar refractivity (Wildman–Crippen MR) is 93.7 cm³/mol. The summed E-state index contributed by atoms with van der Waals surface area (Å²) in [5, 5.41) is 3.27. The van der Waals surface area contributed by atoms with Crippen LogP contribution in [-0.4, -0.2) is 39.9 Å². The summed E-state index contributed by atoms with van der Waals surface area (Å²) >= 11 is 0. The van der Waals surface area contributed by atoms with Crippen LogP contribution in [0.2, 0.25) is 0 Å². The number of carbonyl (C=O) groups is 1. The number of aromatic amines is 1. The minimum atomic E-state index is -0.161. The smallest absolute Gasteiger partial charge is 0.271 e. The van der Waals surface area contributed by atoms with E-state index >= 15 is 0 Å². The van der Waals surface area contributed by atoms with Crippen LogP contribution in [0.1, 0.15) is 13.3 Å². The third-order valence-electron chi connectivity index (χ3n) is 4.09. The molecule has 2 N–H and O–H groups in total. The fourth-order valence-electron chi connectivity index (χ4n) is 2.85. The van der Waals surface area contributed by atoms with Crippen LogP contribution in [0.25, 0.3) is 11.1 Å². The molecular formula is C18H20N4O2. The molecule has 0 aliphatic carbocycles. The molecule has 1 atom stereocenters. The molecule has 0 radical (unpaired) electrons. The summed E-state index contributed by atoms with van der Waals surface area (Å²) in [4.78, 5) is 32.5. The van der Waals surface area contributed by atoms with Crippen molar-refractivity contribution in [3.05, 3.63) is 59.3 Å². The highest BCUT2D eigenvalue weighted by Crippen LogP contribution is 2.20. The van der Waals surface area contributed by atoms with Gasteiger partial charge in [0.1, 0.15) is 5.69 Å². The van der Waals surface area contributed by atoms with E-state index < -0.39 is 0 Å². The number of likely N-dealkylation sites (tertiary alicyclic amines) is 1. The first kappa shape index (κ1) is 16.0. The van der Waals surface area contributed by atoms with Crippen molar-refractivity contribution in [1.82, 2.24) is 14.9 Å². The molecule has 0 spiro atoms. The molecule has 24 heavy (non-hydrogen) atoms. The third kappa shape index (κ3) is 3.53. The summed E-state index contributed by atoms with van der Waals surface area (Å²) in [5.74, 6) is 0.0150. The summed E-state index contributed by atoms with van der Waals surface area (Å²) in [5.41, 5.74) is 2.26. The number of hydrogen-bond donors (Lipinski definition) is 2. The first-order valence-corrected chi connectivity index (χ1v) is 7.98. The fraction of sp³-hybridized carbons (Fsp3) is 0.278. The van der Waals surface area contributed by atoms with Crippen LogP contribution in [0.4, 0.5) is 5.69 Å². The maximum atomic E-state index is 12.1. The van der Waals surface area contributed by atoms with Gasteiger partial charge in [-0.15, -0.1) is 0 Å². The Balaban J connectivity index is 1.74. The molecule has 0 aromatic carbocycles. The average molecular weight is 324 g/mol. The van der Waals surface area contributed by atoms with Crippen LogP contribution in [0.15, 0.2) is 53.7 Å². The van der Waals surface area contributed by atoms with E-state index in [0.29, 0.717) is 18.8 Å². The Bertz CT molecular complexity index is 798. The van der Waals surface area contributed by atoms with Crippen molar-refractivity contribution in [3.63, 3.8) is 0 Å². The largest absolute Gasteiger partial charge is 0.376 e. The molecule has 1 unspecified atom stereocenters. The van der Waals surface area contributed by atoms with Crippen molar-refractivity contribution in [3.8, 4) is 11.1 Å². The molecule has 1 fully saturated rings. The van der Waals surface area contributed by atoms with E-state index in [2.05, 4.69) is 15.3 Å². The van der Waals surface area contributed by atoms with Crippen molar-refractivity contribution >= 4 is 11.6 Å². The van der Waals surface area contributed by atoms with Gasteiger partial charge >= 0.3 is 0 Å². The number of amides is 1. The van der Waals surface area contributed by atoms with Gasteiger partial charge in [0.15, 0.2) is 0 Å². The van der Waals surface area contributed by atoms with Gasteiger partial charge in [0.2, 0.25) is 5.91 Å². The second-order valence-electron chi connectivity index (χ2n) is 5.78. The van der Waals surface area contributed by atoms with Gasteiger partial charge in [0.05, 0.1) is 0 Å². The highest BCUT2D eigenvalue weighted by Gasteiger charge is 2.25. The molecule has 2 aromatic rings. The van der Waals surface area contributed by atoms with Crippen molar-refractivity contribution in [2.45, 2.75) is 19.4 Å². The van der Waals surface area contributed by atoms with Crippen molar-refractivity contribution in [1.29, 1.82) is 0 Å². The molecule has 0 saturated carbocycles. The molecule has 1 aliphatic heterocycles. The number of carbonyl (C=O) groups excluding carboxylic acids is 1. The zero-order valence-corrected chi connectivity index (χ0v) is 13.5. The van der Waals surface area contributed by atoms with E-state index in [0.717, 1.165) is 17.5 Å². The fourth-order valence-corrected chi connectivity index (χ4v) is 2.85. The second-order valence-corrected chi connectivity index (χ2v) is 5.78. The van der Waals surface area contributed by atoms with E-state index in [1.54, 1.807) is 35.6 Å². The SMILES string of the molecule is C/C=C/C(=O)N1CCC(Nc2cc(-c3ccncc3)c[nH]c2=O)C1. The number of allylic oxidation sites excluding steroid dienone is 1. The lowest BCUT2D eigenvalue weighted by Crippen LogP contribution is -2.31. The Kier molecular flexibility index (Phi) is 4.74. The van der Waals surface area contributed by atoms with Crippen molar-refractivity contribution in [2.75, 3.05) is 18.4 Å². The molecule has 0 bridgehead atoms. The van der Waals surface area contributed by atoms with Gasteiger partial charge in [-0.25, -0.2) is 0 Å². The lowest BCUT2D eigenvalue weighted by Gasteiger charge is -2.16. The lowest BCUT2D eigenvalue weighted by atomic mass is 10.1. The number of aromatic nitrogens is 2. The number of hydrogen-bond acceptors (Lipinski definition) is 4. The van der Waals surface area contributed by atoms with E-state index in [1.807, 2.05) is 25.1 Å². The summed E-state index contributed by atoms with van der Waals surface area (Å²) in [6, 6.07) is 5.70. The Morgan fingerprint density at radius 1 is 1.38 bits per heavy atom. The number of nitrogens with one attached hydrogen (secondary N) is 2. The Labute approximate surface area is 140 Å². The molecule has 3 heterocycles. The minimum absolute atomic E-state index is 0.0150. The topological polar surface area (TPSA) is 78.1 Å². The maximum absolute atomic E-state index is 12.1. The molecule has 6 nitrogen and oxygen atoms in total. The monoisotopic (exact) mass is 324 g/mol. The molecule has 1 aliphatic rings. The highest BCUT2D eigenvalue weighted by atomic mass is 16.2. The first-order chi connectivity index (χ1) is 11.7. The molecule has 1 saturated heterocycles. The van der Waals surface area contributed by atoms with E-state index in [-0.39, 0.29) is 17.5 Å². The van der Waals surface area contributed by atoms with E-state index in [9.17, 15) is 9.59 Å². The summed E-state index contributed by atoms with van der Waals surface area (Å²) in [7, 11) is 0. The number of pyridine rings is 2. The van der Waals surface area contributed by atoms with Gasteiger partial charge in [-0.3, -0.25) is 14.6 Å². The number of anilines is 1. The number of nitrogens with zero attached hydrogens (tertiary/aromatic N) is 2. The van der Waals surface area contributed by atoms with Crippen LogP contribution in [0.3, 0.4) is 0 Å². The quantitative estimate of drug-likeness (QED) is 0.844. The summed E-state index contributed by atoms with van der Waals surface area (Å²) in [6.07, 6.45) is 9.26. The number of rotatable bonds is 4. The van der Waals surface area contributed by atoms with Gasteiger partial charge in [0.25, 0.3) is 5.56 Å². The lowest BCUT2D eigenvalue weighted by molar-refractivity contribution is -0.125. The van der Waals surface area contributed by atoms with Crippen LogP contribution in [0.5, 0.6) is 0 Å². The first-order valence-electron chi connectivity index (χ1n) is 7.98. The zero-order chi connectivity index (χ0) is 16.9. The molecule has 124 valence electrons. The van der Waals surface area contributed by atoms with Gasteiger partial charge < -0.3 is 15.2 Å². The summed E-state index contributed by atoms with van der Waals surface area (Å²) < 4.78 is 0. The van der Waals surface area contributed by atoms with Gasteiger partial charge in [-0.05, 0) is 43.2 Å². The normalized spacial score (nSPS) is 17.4. The Morgan fingerprint density at radius 2 is 2.17 bits per heavy atom. The van der Waals surface area contributed by atoms with E-state index in [1.165, 1.54) is 0 Å². The van der Waals surface area contributed by atoms with E-state index in [4.69, 9.17) is 0 Å². The molecule has 3 rings (SSSR count). The second kappa shape index (κ2) is 7.12.